The number of nitrogens with one attached hydrogen (secondary N) is 1. The van der Waals surface area contributed by atoms with E-state index in [2.05, 4.69) is 5.32 Å². The Balaban J connectivity index is 2.69. The van der Waals surface area contributed by atoms with Crippen LogP contribution in [0.15, 0.2) is 11.4 Å². The molecule has 1 aromatic rings. The van der Waals surface area contributed by atoms with Gasteiger partial charge in [-0.15, -0.1) is 11.3 Å². The molecular formula is C9H11NO3S. The zero-order valence-electron chi connectivity index (χ0n) is 7.90. The molecule has 0 aliphatic heterocycles. The number of carbonyl (C=O) groups is 2. The molecule has 4 nitrogen and oxygen atoms in total. The fourth-order valence-electron chi connectivity index (χ4n) is 0.780. The molecule has 1 amide bonds. The summed E-state index contributed by atoms with van der Waals surface area (Å²) in [5.41, 5.74) is 0.203. The fraction of sp³-hybridized carbons (Fsp3) is 0.333. The van der Waals surface area contributed by atoms with Crippen LogP contribution >= 0.6 is 11.3 Å². The van der Waals surface area contributed by atoms with Gasteiger partial charge < -0.3 is 10.4 Å². The Labute approximate surface area is 85.6 Å². The molecule has 0 spiro atoms. The van der Waals surface area contributed by atoms with Gasteiger partial charge in [0.15, 0.2) is 0 Å². The average molecular weight is 213 g/mol. The van der Waals surface area contributed by atoms with Crippen LogP contribution in [0.1, 0.15) is 24.2 Å². The molecule has 2 N–H and O–H groups in total. The van der Waals surface area contributed by atoms with Gasteiger partial charge in [-0.05, 0) is 6.07 Å². The number of amides is 1. The van der Waals surface area contributed by atoms with Crippen LogP contribution in [0.25, 0.3) is 0 Å². The molecule has 0 radical (unpaired) electrons. The lowest BCUT2D eigenvalue weighted by molar-refractivity contribution is -0.118. The van der Waals surface area contributed by atoms with Crippen molar-refractivity contribution in [2.24, 2.45) is 5.92 Å². The van der Waals surface area contributed by atoms with Gasteiger partial charge in [0.25, 0.3) is 0 Å². The molecule has 14 heavy (non-hydrogen) atoms. The Hall–Kier alpha value is -1.36. The van der Waals surface area contributed by atoms with Crippen molar-refractivity contribution in [2.45, 2.75) is 13.8 Å². The van der Waals surface area contributed by atoms with Crippen LogP contribution in [0.2, 0.25) is 0 Å². The lowest BCUT2D eigenvalue weighted by Gasteiger charge is -2.03. The predicted molar refractivity (Wildman–Crippen MR) is 54.7 cm³/mol. The summed E-state index contributed by atoms with van der Waals surface area (Å²) in [5.74, 6) is -1.19. The van der Waals surface area contributed by atoms with Crippen LogP contribution < -0.4 is 5.32 Å². The molecule has 0 aliphatic carbocycles. The molecule has 1 heterocycles. The quantitative estimate of drug-likeness (QED) is 0.807. The second-order valence-corrected chi connectivity index (χ2v) is 4.06. The number of carboxylic acids is 1. The topological polar surface area (TPSA) is 66.4 Å². The van der Waals surface area contributed by atoms with Gasteiger partial charge in [0.05, 0.1) is 10.6 Å². The molecule has 0 fully saturated rings. The molecule has 0 bridgehead atoms. The molecule has 0 saturated heterocycles. The maximum atomic E-state index is 11.2. The molecular weight excluding hydrogens is 202 g/mol. The first-order chi connectivity index (χ1) is 6.50. The van der Waals surface area contributed by atoms with E-state index in [9.17, 15) is 9.59 Å². The minimum atomic E-state index is -0.980. The Morgan fingerprint density at radius 3 is 2.57 bits per heavy atom. The van der Waals surface area contributed by atoms with Gasteiger partial charge in [-0.2, -0.15) is 0 Å². The molecule has 0 atom stereocenters. The maximum Gasteiger partial charge on any atom is 0.336 e. The van der Waals surface area contributed by atoms with E-state index in [0.29, 0.717) is 5.00 Å². The van der Waals surface area contributed by atoms with Crippen molar-refractivity contribution in [2.75, 3.05) is 5.32 Å². The van der Waals surface area contributed by atoms with Crippen molar-refractivity contribution in [1.82, 2.24) is 0 Å². The Morgan fingerprint density at radius 2 is 2.14 bits per heavy atom. The highest BCUT2D eigenvalue weighted by molar-refractivity contribution is 7.14. The third-order valence-corrected chi connectivity index (χ3v) is 2.46. The van der Waals surface area contributed by atoms with Crippen molar-refractivity contribution in [3.05, 3.63) is 17.0 Å². The van der Waals surface area contributed by atoms with E-state index in [0.717, 1.165) is 0 Å². The van der Waals surface area contributed by atoms with Gasteiger partial charge in [-0.1, -0.05) is 13.8 Å². The summed E-state index contributed by atoms with van der Waals surface area (Å²) in [7, 11) is 0. The standard InChI is InChI=1S/C9H11NO3S/c1-5(2)8(11)10-7-3-6(4-14-7)9(12)13/h3-5H,1-2H3,(H,10,11)(H,12,13). The number of anilines is 1. The molecule has 1 aromatic heterocycles. The van der Waals surface area contributed by atoms with Crippen molar-refractivity contribution in [3.8, 4) is 0 Å². The molecule has 0 saturated carbocycles. The van der Waals surface area contributed by atoms with Gasteiger partial charge in [0, 0.05) is 11.3 Å². The normalized spacial score (nSPS) is 10.2. The van der Waals surface area contributed by atoms with E-state index in [-0.39, 0.29) is 17.4 Å². The maximum absolute atomic E-state index is 11.2. The highest BCUT2D eigenvalue weighted by Crippen LogP contribution is 2.20. The lowest BCUT2D eigenvalue weighted by atomic mass is 10.2. The van der Waals surface area contributed by atoms with Gasteiger partial charge >= 0.3 is 5.97 Å². The van der Waals surface area contributed by atoms with E-state index in [1.54, 1.807) is 13.8 Å². The third kappa shape index (κ3) is 2.56. The molecule has 5 heteroatoms. The number of hydrogen-bond donors (Lipinski definition) is 2. The number of carbonyl (C=O) groups excluding carboxylic acids is 1. The fourth-order valence-corrected chi connectivity index (χ4v) is 1.56. The van der Waals surface area contributed by atoms with Crippen molar-refractivity contribution in [3.63, 3.8) is 0 Å². The number of thiophene rings is 1. The Bertz CT molecular complexity index is 357. The van der Waals surface area contributed by atoms with E-state index >= 15 is 0 Å². The second kappa shape index (κ2) is 4.23. The Kier molecular flexibility index (Phi) is 3.24. The largest absolute Gasteiger partial charge is 0.478 e. The summed E-state index contributed by atoms with van der Waals surface area (Å²) in [6.07, 6.45) is 0. The smallest absolute Gasteiger partial charge is 0.336 e. The molecule has 0 unspecified atom stereocenters. The summed E-state index contributed by atoms with van der Waals surface area (Å²) in [4.78, 5) is 21.8. The predicted octanol–water partition coefficient (Wildman–Crippen LogP) is 2.04. The minimum Gasteiger partial charge on any atom is -0.478 e. The first-order valence-electron chi connectivity index (χ1n) is 4.13. The second-order valence-electron chi connectivity index (χ2n) is 3.15. The molecule has 1 rings (SSSR count). The van der Waals surface area contributed by atoms with E-state index in [1.807, 2.05) is 0 Å². The van der Waals surface area contributed by atoms with Crippen molar-refractivity contribution < 1.29 is 14.7 Å². The third-order valence-electron chi connectivity index (χ3n) is 1.62. The highest BCUT2D eigenvalue weighted by atomic mass is 32.1. The average Bonchev–Trinajstić information content (AvgIpc) is 2.52. The monoisotopic (exact) mass is 213 g/mol. The van der Waals surface area contributed by atoms with Crippen LogP contribution in [0.5, 0.6) is 0 Å². The van der Waals surface area contributed by atoms with E-state index in [4.69, 9.17) is 5.11 Å². The van der Waals surface area contributed by atoms with E-state index in [1.165, 1.54) is 22.8 Å². The summed E-state index contributed by atoms with van der Waals surface area (Å²) >= 11 is 1.21. The van der Waals surface area contributed by atoms with Crippen LogP contribution in [0, 0.1) is 5.92 Å². The van der Waals surface area contributed by atoms with Crippen LogP contribution in [-0.4, -0.2) is 17.0 Å². The van der Waals surface area contributed by atoms with E-state index < -0.39 is 5.97 Å². The van der Waals surface area contributed by atoms with Crippen LogP contribution in [0.4, 0.5) is 5.00 Å². The Morgan fingerprint density at radius 1 is 1.50 bits per heavy atom. The summed E-state index contributed by atoms with van der Waals surface area (Å²) < 4.78 is 0. The van der Waals surface area contributed by atoms with Gasteiger partial charge in [0.1, 0.15) is 0 Å². The van der Waals surface area contributed by atoms with Gasteiger partial charge in [-0.25, -0.2) is 4.79 Å². The minimum absolute atomic E-state index is 0.106. The highest BCUT2D eigenvalue weighted by Gasteiger charge is 2.10. The number of carboxylic acid groups (broad SMARTS) is 1. The first kappa shape index (κ1) is 10.7. The summed E-state index contributed by atoms with van der Waals surface area (Å²) in [5, 5.41) is 13.3. The first-order valence-corrected chi connectivity index (χ1v) is 5.01. The number of hydrogen-bond acceptors (Lipinski definition) is 3. The van der Waals surface area contributed by atoms with Gasteiger partial charge in [-0.3, -0.25) is 4.79 Å². The molecule has 76 valence electrons. The summed E-state index contributed by atoms with van der Waals surface area (Å²) in [6.45, 7) is 3.56. The van der Waals surface area contributed by atoms with Crippen LogP contribution in [-0.2, 0) is 4.79 Å². The molecule has 0 aliphatic rings. The summed E-state index contributed by atoms with van der Waals surface area (Å²) in [6, 6.07) is 1.45. The van der Waals surface area contributed by atoms with Crippen molar-refractivity contribution >= 4 is 28.2 Å². The zero-order chi connectivity index (χ0) is 10.7. The number of rotatable bonds is 3. The van der Waals surface area contributed by atoms with Gasteiger partial charge in [0.2, 0.25) is 5.91 Å². The van der Waals surface area contributed by atoms with Crippen molar-refractivity contribution in [1.29, 1.82) is 0 Å². The number of aromatic carboxylic acids is 1. The molecule has 0 aromatic carbocycles. The SMILES string of the molecule is CC(C)C(=O)Nc1cc(C(=O)O)cs1. The lowest BCUT2D eigenvalue weighted by Crippen LogP contribution is -2.16. The zero-order valence-corrected chi connectivity index (χ0v) is 8.72. The van der Waals surface area contributed by atoms with Crippen LogP contribution in [0.3, 0.4) is 0 Å².